The second kappa shape index (κ2) is 7.01. The van der Waals surface area contributed by atoms with Gasteiger partial charge in [0.1, 0.15) is 11.6 Å². The van der Waals surface area contributed by atoms with Crippen LogP contribution in [0.15, 0.2) is 18.2 Å². The van der Waals surface area contributed by atoms with Crippen LogP contribution in [0.4, 0.5) is 0 Å². The van der Waals surface area contributed by atoms with Crippen LogP contribution in [0.25, 0.3) is 0 Å². The van der Waals surface area contributed by atoms with E-state index in [1.54, 1.807) is 18.2 Å². The van der Waals surface area contributed by atoms with Crippen LogP contribution < -0.4 is 10.6 Å². The minimum absolute atomic E-state index is 0.0868. The quantitative estimate of drug-likeness (QED) is 0.556. The summed E-state index contributed by atoms with van der Waals surface area (Å²) in [7, 11) is 1.86. The van der Waals surface area contributed by atoms with Gasteiger partial charge in [0.25, 0.3) is 11.8 Å². The van der Waals surface area contributed by atoms with Gasteiger partial charge in [0.05, 0.1) is 11.1 Å². The molecule has 9 heteroatoms. The number of aliphatic hydroxyl groups is 1. The number of nitrogens with one attached hydrogen (secondary N) is 2. The standard InChI is InChI=1S/C20H24N4O5/c1-11(20(29)9-21-10-20)23(2)8-12-4-3-5-13-16(12)19(28)24(18(13)27)14-6-7-15(25)22-17(14)26/h3-5,11,14,21,29H,6-10H2,1-2H3,(H,22,25,26). The Morgan fingerprint density at radius 2 is 1.97 bits per heavy atom. The summed E-state index contributed by atoms with van der Waals surface area (Å²) in [6.45, 7) is 3.31. The van der Waals surface area contributed by atoms with E-state index in [1.165, 1.54) is 0 Å². The third-order valence-electron chi connectivity index (χ3n) is 6.28. The molecule has 0 bridgehead atoms. The van der Waals surface area contributed by atoms with Crippen LogP contribution in [-0.2, 0) is 16.1 Å². The lowest BCUT2D eigenvalue weighted by Gasteiger charge is -2.46. The number of rotatable bonds is 5. The van der Waals surface area contributed by atoms with E-state index in [0.717, 1.165) is 4.90 Å². The van der Waals surface area contributed by atoms with Gasteiger partial charge in [0.2, 0.25) is 11.8 Å². The Kier molecular flexibility index (Phi) is 4.76. The molecule has 2 unspecified atom stereocenters. The Balaban J connectivity index is 1.59. The molecule has 29 heavy (non-hydrogen) atoms. The van der Waals surface area contributed by atoms with Gasteiger partial charge in [-0.15, -0.1) is 0 Å². The van der Waals surface area contributed by atoms with Gasteiger partial charge in [-0.1, -0.05) is 12.1 Å². The van der Waals surface area contributed by atoms with Crippen molar-refractivity contribution in [3.8, 4) is 0 Å². The van der Waals surface area contributed by atoms with Crippen LogP contribution in [0.1, 0.15) is 46.0 Å². The number of nitrogens with zero attached hydrogens (tertiary/aromatic N) is 2. The maximum atomic E-state index is 13.1. The van der Waals surface area contributed by atoms with Gasteiger partial charge in [0.15, 0.2) is 0 Å². The summed E-state index contributed by atoms with van der Waals surface area (Å²) in [5, 5.41) is 15.8. The van der Waals surface area contributed by atoms with Crippen molar-refractivity contribution >= 4 is 23.6 Å². The zero-order valence-electron chi connectivity index (χ0n) is 16.4. The third-order valence-corrected chi connectivity index (χ3v) is 6.28. The number of fused-ring (bicyclic) bond motifs is 1. The summed E-state index contributed by atoms with van der Waals surface area (Å²) in [6.07, 6.45) is 0.214. The third kappa shape index (κ3) is 3.15. The number of hydrogen-bond acceptors (Lipinski definition) is 7. The van der Waals surface area contributed by atoms with E-state index in [1.807, 2.05) is 18.9 Å². The molecule has 3 heterocycles. The monoisotopic (exact) mass is 400 g/mol. The Labute approximate surface area is 168 Å². The fourth-order valence-corrected chi connectivity index (χ4v) is 4.21. The smallest absolute Gasteiger partial charge is 0.262 e. The second-order valence-electron chi connectivity index (χ2n) is 8.09. The zero-order valence-corrected chi connectivity index (χ0v) is 16.4. The molecule has 3 aliphatic rings. The molecule has 154 valence electrons. The van der Waals surface area contributed by atoms with Gasteiger partial charge in [-0.3, -0.25) is 34.3 Å². The molecule has 0 radical (unpaired) electrons. The van der Waals surface area contributed by atoms with E-state index in [9.17, 15) is 24.3 Å². The number of hydrogen-bond donors (Lipinski definition) is 3. The van der Waals surface area contributed by atoms with E-state index < -0.39 is 35.3 Å². The number of carbonyl (C=O) groups excluding carboxylic acids is 4. The number of β-amino-alcohol motifs (C(OH)–C–C–N with tert-alkyl or cyclic N) is 1. The first-order valence-electron chi connectivity index (χ1n) is 9.70. The van der Waals surface area contributed by atoms with E-state index >= 15 is 0 Å². The number of benzene rings is 1. The predicted octanol–water partition coefficient (Wildman–Crippen LogP) is -0.758. The number of piperidine rings is 1. The highest BCUT2D eigenvalue weighted by Crippen LogP contribution is 2.31. The highest BCUT2D eigenvalue weighted by Gasteiger charge is 2.46. The average Bonchev–Trinajstić information content (AvgIpc) is 2.91. The molecule has 2 fully saturated rings. The first-order valence-corrected chi connectivity index (χ1v) is 9.70. The van der Waals surface area contributed by atoms with Crippen LogP contribution in [0.5, 0.6) is 0 Å². The van der Waals surface area contributed by atoms with Gasteiger partial charge in [-0.05, 0) is 32.0 Å². The summed E-state index contributed by atoms with van der Waals surface area (Å²) in [5.74, 6) is -2.05. The fraction of sp³-hybridized carbons (Fsp3) is 0.500. The number of amides is 4. The molecule has 3 aliphatic heterocycles. The molecule has 2 saturated heterocycles. The maximum Gasteiger partial charge on any atom is 0.262 e. The Morgan fingerprint density at radius 1 is 1.24 bits per heavy atom. The Bertz CT molecular complexity index is 910. The molecule has 9 nitrogen and oxygen atoms in total. The van der Waals surface area contributed by atoms with Crippen LogP contribution >= 0.6 is 0 Å². The second-order valence-corrected chi connectivity index (χ2v) is 8.09. The predicted molar refractivity (Wildman–Crippen MR) is 102 cm³/mol. The van der Waals surface area contributed by atoms with Gasteiger partial charge < -0.3 is 10.4 Å². The van der Waals surface area contributed by atoms with Crippen molar-refractivity contribution in [2.24, 2.45) is 0 Å². The van der Waals surface area contributed by atoms with Gasteiger partial charge in [-0.25, -0.2) is 0 Å². The normalized spacial score (nSPS) is 24.4. The molecule has 0 aromatic heterocycles. The lowest BCUT2D eigenvalue weighted by molar-refractivity contribution is -0.136. The summed E-state index contributed by atoms with van der Waals surface area (Å²) >= 11 is 0. The minimum atomic E-state index is -0.980. The van der Waals surface area contributed by atoms with Gasteiger partial charge in [-0.2, -0.15) is 0 Å². The maximum absolute atomic E-state index is 13.1. The highest BCUT2D eigenvalue weighted by molar-refractivity contribution is 6.24. The molecular weight excluding hydrogens is 376 g/mol. The molecule has 4 amide bonds. The van der Waals surface area contributed by atoms with Crippen LogP contribution in [0.2, 0.25) is 0 Å². The zero-order chi connectivity index (χ0) is 20.9. The minimum Gasteiger partial charge on any atom is -0.386 e. The van der Waals surface area contributed by atoms with Crippen molar-refractivity contribution in [3.05, 3.63) is 34.9 Å². The molecular formula is C20H24N4O5. The lowest BCUT2D eigenvalue weighted by atomic mass is 9.88. The molecule has 4 rings (SSSR count). The molecule has 0 saturated carbocycles. The topological polar surface area (TPSA) is 119 Å². The summed E-state index contributed by atoms with van der Waals surface area (Å²) in [4.78, 5) is 52.6. The van der Waals surface area contributed by atoms with Crippen molar-refractivity contribution < 1.29 is 24.3 Å². The summed E-state index contributed by atoms with van der Waals surface area (Å²) in [5.41, 5.74) is 0.397. The SMILES string of the molecule is CC(N(C)Cc1cccc2c1C(=O)N(C1CCC(=O)NC1=O)C2=O)C1(O)CNC1. The van der Waals surface area contributed by atoms with Crippen molar-refractivity contribution in [3.63, 3.8) is 0 Å². The summed E-state index contributed by atoms with van der Waals surface area (Å²) in [6, 6.07) is 3.94. The molecule has 2 atom stereocenters. The molecule has 0 spiro atoms. The van der Waals surface area contributed by atoms with E-state index in [0.29, 0.717) is 30.8 Å². The van der Waals surface area contributed by atoms with Crippen molar-refractivity contribution in [2.75, 3.05) is 20.1 Å². The Morgan fingerprint density at radius 3 is 2.59 bits per heavy atom. The number of carbonyl (C=O) groups is 4. The van der Waals surface area contributed by atoms with E-state index in [2.05, 4.69) is 10.6 Å². The highest BCUT2D eigenvalue weighted by atomic mass is 16.3. The van der Waals surface area contributed by atoms with Gasteiger partial charge in [0, 0.05) is 32.1 Å². The molecule has 3 N–H and O–H groups in total. The summed E-state index contributed by atoms with van der Waals surface area (Å²) < 4.78 is 0. The van der Waals surface area contributed by atoms with Crippen molar-refractivity contribution in [1.29, 1.82) is 0 Å². The Hall–Kier alpha value is -2.62. The molecule has 1 aromatic carbocycles. The van der Waals surface area contributed by atoms with Crippen LogP contribution in [-0.4, -0.2) is 76.4 Å². The lowest BCUT2D eigenvalue weighted by Crippen LogP contribution is -2.68. The van der Waals surface area contributed by atoms with Crippen LogP contribution in [0.3, 0.4) is 0 Å². The van der Waals surface area contributed by atoms with Crippen molar-refractivity contribution in [1.82, 2.24) is 20.4 Å². The number of likely N-dealkylation sites (N-methyl/N-ethyl adjacent to an activating group) is 1. The van der Waals surface area contributed by atoms with Crippen molar-refractivity contribution in [2.45, 2.75) is 44.0 Å². The fourth-order valence-electron chi connectivity index (χ4n) is 4.21. The van der Waals surface area contributed by atoms with E-state index in [4.69, 9.17) is 0 Å². The average molecular weight is 400 g/mol. The number of imide groups is 2. The largest absolute Gasteiger partial charge is 0.386 e. The molecule has 0 aliphatic carbocycles. The molecule has 1 aromatic rings. The first-order chi connectivity index (χ1) is 13.7. The van der Waals surface area contributed by atoms with E-state index in [-0.39, 0.29) is 24.4 Å². The van der Waals surface area contributed by atoms with Gasteiger partial charge >= 0.3 is 0 Å². The van der Waals surface area contributed by atoms with Crippen LogP contribution in [0, 0.1) is 0 Å². The first kappa shape index (κ1) is 19.7.